The summed E-state index contributed by atoms with van der Waals surface area (Å²) in [5, 5.41) is 2.46. The molecule has 1 aliphatic heterocycles. The van der Waals surface area contributed by atoms with Crippen molar-refractivity contribution in [2.45, 2.75) is 25.3 Å². The lowest BCUT2D eigenvalue weighted by atomic mass is 10.1. The maximum Gasteiger partial charge on any atom is 0.417 e. The van der Waals surface area contributed by atoms with Gasteiger partial charge in [-0.15, -0.1) is 0 Å². The number of pyridine rings is 1. The number of hydrogen-bond acceptors (Lipinski definition) is 4. The molecule has 1 saturated heterocycles. The van der Waals surface area contributed by atoms with Gasteiger partial charge in [-0.25, -0.2) is 4.98 Å². The van der Waals surface area contributed by atoms with E-state index in [4.69, 9.17) is 0 Å². The van der Waals surface area contributed by atoms with Crippen molar-refractivity contribution in [3.63, 3.8) is 0 Å². The van der Waals surface area contributed by atoms with Crippen LogP contribution in [0.2, 0.25) is 0 Å². The Morgan fingerprint density at radius 3 is 2.22 bits per heavy atom. The zero-order chi connectivity index (χ0) is 26.6. The first-order valence-corrected chi connectivity index (χ1v) is 11.6. The van der Waals surface area contributed by atoms with Crippen molar-refractivity contribution in [1.29, 1.82) is 0 Å². The topological polar surface area (TPSA) is 48.5 Å². The fraction of sp³-hybridized carbons (Fsp3) is 0.308. The standard InChI is InChI=1S/C26H24F6N4O/c27-25(28,29)19-8-6-18(7-9-19)17-35-12-3-13-36(15-14-35)23-11-10-20(16-33-23)34-24(37)21-4-1-2-5-22(21)26(30,31)32/h1-2,4-11,16H,3,12-15,17H2,(H,34,37). The Morgan fingerprint density at radius 1 is 0.838 bits per heavy atom. The summed E-state index contributed by atoms with van der Waals surface area (Å²) in [6.07, 6.45) is -6.80. The Hall–Kier alpha value is -3.60. The van der Waals surface area contributed by atoms with Gasteiger partial charge < -0.3 is 10.2 Å². The van der Waals surface area contributed by atoms with Crippen molar-refractivity contribution in [2.24, 2.45) is 0 Å². The van der Waals surface area contributed by atoms with Crippen molar-refractivity contribution in [1.82, 2.24) is 9.88 Å². The second kappa shape index (κ2) is 10.8. The third kappa shape index (κ3) is 6.79. The number of carbonyl (C=O) groups excluding carboxylic acids is 1. The van der Waals surface area contributed by atoms with E-state index in [0.717, 1.165) is 42.8 Å². The van der Waals surface area contributed by atoms with Gasteiger partial charge in [-0.2, -0.15) is 26.3 Å². The third-order valence-electron chi connectivity index (χ3n) is 6.08. The Labute approximate surface area is 209 Å². The predicted octanol–water partition coefficient (Wildman–Crippen LogP) is 6.08. The van der Waals surface area contributed by atoms with Crippen LogP contribution in [0.5, 0.6) is 0 Å². The molecule has 1 aliphatic rings. The number of benzene rings is 2. The molecule has 3 aromatic rings. The zero-order valence-electron chi connectivity index (χ0n) is 19.6. The van der Waals surface area contributed by atoms with Crippen molar-refractivity contribution in [3.05, 3.63) is 89.1 Å². The molecule has 1 fully saturated rings. The van der Waals surface area contributed by atoms with Crippen molar-refractivity contribution < 1.29 is 31.1 Å². The maximum atomic E-state index is 13.2. The molecule has 0 bridgehead atoms. The summed E-state index contributed by atoms with van der Waals surface area (Å²) in [7, 11) is 0. The van der Waals surface area contributed by atoms with Gasteiger partial charge in [0.2, 0.25) is 0 Å². The van der Waals surface area contributed by atoms with E-state index >= 15 is 0 Å². The van der Waals surface area contributed by atoms with Gasteiger partial charge in [0, 0.05) is 32.7 Å². The SMILES string of the molecule is O=C(Nc1ccc(N2CCCN(Cc3ccc(C(F)(F)F)cc3)CC2)nc1)c1ccccc1C(F)(F)F. The number of rotatable bonds is 5. The maximum absolute atomic E-state index is 13.2. The minimum atomic E-state index is -4.65. The second-order valence-corrected chi connectivity index (χ2v) is 8.71. The van der Waals surface area contributed by atoms with Gasteiger partial charge in [-0.05, 0) is 48.4 Å². The van der Waals surface area contributed by atoms with Crippen LogP contribution in [-0.4, -0.2) is 42.0 Å². The van der Waals surface area contributed by atoms with Crippen molar-refractivity contribution >= 4 is 17.4 Å². The number of aromatic nitrogens is 1. The van der Waals surface area contributed by atoms with Gasteiger partial charge in [-0.3, -0.25) is 9.69 Å². The molecular formula is C26H24F6N4O. The Kier molecular flexibility index (Phi) is 7.72. The minimum Gasteiger partial charge on any atom is -0.355 e. The van der Waals surface area contributed by atoms with Crippen LogP contribution in [0.3, 0.4) is 0 Å². The first-order chi connectivity index (χ1) is 17.5. The molecule has 11 heteroatoms. The zero-order valence-corrected chi connectivity index (χ0v) is 19.6. The molecule has 0 saturated carbocycles. The van der Waals surface area contributed by atoms with E-state index in [0.29, 0.717) is 32.0 Å². The molecule has 1 N–H and O–H groups in total. The van der Waals surface area contributed by atoms with E-state index in [1.807, 2.05) is 0 Å². The molecule has 2 heterocycles. The average molecular weight is 522 g/mol. The highest BCUT2D eigenvalue weighted by Crippen LogP contribution is 2.32. The number of nitrogens with zero attached hydrogens (tertiary/aromatic N) is 3. The highest BCUT2D eigenvalue weighted by Gasteiger charge is 2.35. The summed E-state index contributed by atoms with van der Waals surface area (Å²) >= 11 is 0. The van der Waals surface area contributed by atoms with Crippen LogP contribution in [0.1, 0.15) is 33.5 Å². The molecule has 196 valence electrons. The van der Waals surface area contributed by atoms with Crippen LogP contribution in [0.25, 0.3) is 0 Å². The molecule has 1 aromatic heterocycles. The quantitative estimate of drug-likeness (QED) is 0.413. The smallest absolute Gasteiger partial charge is 0.355 e. The molecule has 2 aromatic carbocycles. The van der Waals surface area contributed by atoms with E-state index in [-0.39, 0.29) is 5.69 Å². The molecule has 0 spiro atoms. The summed E-state index contributed by atoms with van der Waals surface area (Å²) in [6, 6.07) is 13.0. The van der Waals surface area contributed by atoms with Gasteiger partial charge >= 0.3 is 12.4 Å². The predicted molar refractivity (Wildman–Crippen MR) is 127 cm³/mol. The minimum absolute atomic E-state index is 0.268. The molecule has 1 amide bonds. The molecule has 37 heavy (non-hydrogen) atoms. The van der Waals surface area contributed by atoms with Gasteiger partial charge in [-0.1, -0.05) is 24.3 Å². The van der Waals surface area contributed by atoms with Gasteiger partial charge in [0.1, 0.15) is 5.82 Å². The van der Waals surface area contributed by atoms with Crippen LogP contribution >= 0.6 is 0 Å². The number of alkyl halides is 6. The van der Waals surface area contributed by atoms with Gasteiger partial charge in [0.05, 0.1) is 28.6 Å². The van der Waals surface area contributed by atoms with E-state index in [1.165, 1.54) is 30.5 Å². The number of anilines is 2. The molecule has 0 atom stereocenters. The van der Waals surface area contributed by atoms with E-state index in [2.05, 4.69) is 20.1 Å². The van der Waals surface area contributed by atoms with Crippen LogP contribution in [-0.2, 0) is 18.9 Å². The summed E-state index contributed by atoms with van der Waals surface area (Å²) in [6.45, 7) is 3.32. The molecule has 4 rings (SSSR count). The fourth-order valence-electron chi connectivity index (χ4n) is 4.19. The molecule has 0 aliphatic carbocycles. The Bertz CT molecular complexity index is 1210. The number of halogens is 6. The largest absolute Gasteiger partial charge is 0.417 e. The second-order valence-electron chi connectivity index (χ2n) is 8.71. The van der Waals surface area contributed by atoms with E-state index in [9.17, 15) is 31.1 Å². The Balaban J connectivity index is 1.34. The fourth-order valence-corrected chi connectivity index (χ4v) is 4.19. The lowest BCUT2D eigenvalue weighted by Crippen LogP contribution is -2.31. The number of amides is 1. The summed E-state index contributed by atoms with van der Waals surface area (Å²) < 4.78 is 77.9. The first kappa shape index (κ1) is 26.5. The van der Waals surface area contributed by atoms with Crippen LogP contribution in [0, 0.1) is 0 Å². The molecular weight excluding hydrogens is 498 g/mol. The lowest BCUT2D eigenvalue weighted by molar-refractivity contribution is -0.138. The number of carbonyl (C=O) groups is 1. The van der Waals surface area contributed by atoms with Crippen molar-refractivity contribution in [3.8, 4) is 0 Å². The van der Waals surface area contributed by atoms with Crippen molar-refractivity contribution in [2.75, 3.05) is 36.4 Å². The lowest BCUT2D eigenvalue weighted by Gasteiger charge is -2.23. The summed E-state index contributed by atoms with van der Waals surface area (Å²) in [5.41, 5.74) is -1.09. The summed E-state index contributed by atoms with van der Waals surface area (Å²) in [5.74, 6) is -0.221. The van der Waals surface area contributed by atoms with Crippen LogP contribution in [0.4, 0.5) is 37.8 Å². The first-order valence-electron chi connectivity index (χ1n) is 11.6. The van der Waals surface area contributed by atoms with Crippen LogP contribution in [0.15, 0.2) is 66.9 Å². The highest BCUT2D eigenvalue weighted by atomic mass is 19.4. The van der Waals surface area contributed by atoms with Crippen LogP contribution < -0.4 is 10.2 Å². The van der Waals surface area contributed by atoms with E-state index in [1.54, 1.807) is 12.1 Å². The molecule has 0 unspecified atom stereocenters. The average Bonchev–Trinajstić information content (AvgIpc) is 3.09. The highest BCUT2D eigenvalue weighted by molar-refractivity contribution is 6.05. The number of hydrogen-bond donors (Lipinski definition) is 1. The molecule has 5 nitrogen and oxygen atoms in total. The monoisotopic (exact) mass is 522 g/mol. The van der Waals surface area contributed by atoms with Gasteiger partial charge in [0.25, 0.3) is 5.91 Å². The Morgan fingerprint density at radius 2 is 1.57 bits per heavy atom. The molecule has 0 radical (unpaired) electrons. The summed E-state index contributed by atoms with van der Waals surface area (Å²) in [4.78, 5) is 21.0. The van der Waals surface area contributed by atoms with Gasteiger partial charge in [0.15, 0.2) is 0 Å². The normalized spacial score (nSPS) is 15.4. The third-order valence-corrected chi connectivity index (χ3v) is 6.08. The number of nitrogens with one attached hydrogen (secondary N) is 1. The van der Waals surface area contributed by atoms with E-state index < -0.39 is 35.0 Å².